The normalized spacial score (nSPS) is 24.1. The summed E-state index contributed by atoms with van der Waals surface area (Å²) >= 11 is 0. The lowest BCUT2D eigenvalue weighted by Gasteiger charge is -2.35. The van der Waals surface area contributed by atoms with Gasteiger partial charge in [-0.3, -0.25) is 0 Å². The molecule has 1 aliphatic heterocycles. The lowest BCUT2D eigenvalue weighted by molar-refractivity contribution is 0.174. The minimum absolute atomic E-state index is 0.156. The van der Waals surface area contributed by atoms with Gasteiger partial charge in [0.1, 0.15) is 5.82 Å². The fourth-order valence-corrected chi connectivity index (χ4v) is 3.02. The summed E-state index contributed by atoms with van der Waals surface area (Å²) in [4.78, 5) is 2.40. The fourth-order valence-electron chi connectivity index (χ4n) is 3.02. The first-order chi connectivity index (χ1) is 9.06. The largest absolute Gasteiger partial charge is 0.307 e. The van der Waals surface area contributed by atoms with Gasteiger partial charge in [0.2, 0.25) is 0 Å². The highest BCUT2D eigenvalue weighted by Gasteiger charge is 2.23. The first kappa shape index (κ1) is 14.5. The van der Waals surface area contributed by atoms with Gasteiger partial charge in [-0.2, -0.15) is 0 Å². The van der Waals surface area contributed by atoms with Gasteiger partial charge >= 0.3 is 0 Å². The van der Waals surface area contributed by atoms with Crippen LogP contribution in [0.15, 0.2) is 24.3 Å². The van der Waals surface area contributed by atoms with Crippen LogP contribution in [0, 0.1) is 11.7 Å². The molecule has 1 N–H and O–H groups in total. The third-order valence-electron chi connectivity index (χ3n) is 4.23. The van der Waals surface area contributed by atoms with Crippen molar-refractivity contribution in [2.24, 2.45) is 5.92 Å². The number of hydrogen-bond acceptors (Lipinski definition) is 2. The molecule has 1 aromatic rings. The Bertz CT molecular complexity index is 407. The van der Waals surface area contributed by atoms with Crippen LogP contribution in [0.3, 0.4) is 0 Å². The summed E-state index contributed by atoms with van der Waals surface area (Å²) in [5, 5.41) is 3.62. The molecule has 0 spiro atoms. The van der Waals surface area contributed by atoms with Gasteiger partial charge in [-0.05, 0) is 63.9 Å². The van der Waals surface area contributed by atoms with Crippen molar-refractivity contribution in [3.8, 4) is 0 Å². The highest BCUT2D eigenvalue weighted by Crippen LogP contribution is 2.21. The van der Waals surface area contributed by atoms with E-state index >= 15 is 0 Å². The molecule has 3 unspecified atom stereocenters. The molecule has 2 rings (SSSR count). The van der Waals surface area contributed by atoms with E-state index in [0.717, 1.165) is 12.1 Å². The highest BCUT2D eigenvalue weighted by atomic mass is 19.1. The van der Waals surface area contributed by atoms with E-state index in [1.54, 1.807) is 12.1 Å². The molecule has 106 valence electrons. The van der Waals surface area contributed by atoms with Gasteiger partial charge in [0.05, 0.1) is 0 Å². The number of rotatable bonds is 4. The zero-order valence-corrected chi connectivity index (χ0v) is 12.2. The van der Waals surface area contributed by atoms with Gasteiger partial charge < -0.3 is 10.2 Å². The molecule has 1 saturated heterocycles. The maximum atomic E-state index is 13.2. The minimum atomic E-state index is -0.156. The second-order valence-corrected chi connectivity index (χ2v) is 5.90. The Balaban J connectivity index is 1.92. The second kappa shape index (κ2) is 6.49. The second-order valence-electron chi connectivity index (χ2n) is 5.90. The van der Waals surface area contributed by atoms with Crippen LogP contribution in [0.2, 0.25) is 0 Å². The zero-order chi connectivity index (χ0) is 13.8. The average Bonchev–Trinajstić information content (AvgIpc) is 2.38. The lowest BCUT2D eigenvalue weighted by Crippen LogP contribution is -2.43. The lowest BCUT2D eigenvalue weighted by atomic mass is 9.91. The average molecular weight is 264 g/mol. The van der Waals surface area contributed by atoms with Gasteiger partial charge in [0.15, 0.2) is 0 Å². The molecule has 1 aliphatic rings. The zero-order valence-electron chi connectivity index (χ0n) is 12.2. The molecular formula is C16H25FN2. The van der Waals surface area contributed by atoms with Crippen LogP contribution < -0.4 is 5.32 Å². The number of nitrogens with one attached hydrogen (secondary N) is 1. The van der Waals surface area contributed by atoms with E-state index in [4.69, 9.17) is 0 Å². The number of hydrogen-bond donors (Lipinski definition) is 1. The minimum Gasteiger partial charge on any atom is -0.307 e. The smallest absolute Gasteiger partial charge is 0.123 e. The number of halogens is 1. The maximum Gasteiger partial charge on any atom is 0.123 e. The van der Waals surface area contributed by atoms with E-state index in [-0.39, 0.29) is 11.9 Å². The standard InChI is InChI=1S/C16H25FN2/c1-12(14-6-4-8-16(17)10-14)18-13(2)15-7-5-9-19(3)11-15/h4,6,8,10,12-13,15,18H,5,7,9,11H2,1-3H3. The molecule has 19 heavy (non-hydrogen) atoms. The van der Waals surface area contributed by atoms with E-state index in [0.29, 0.717) is 12.0 Å². The molecule has 1 fully saturated rings. The quantitative estimate of drug-likeness (QED) is 0.898. The number of piperidine rings is 1. The Kier molecular flexibility index (Phi) is 4.94. The predicted octanol–water partition coefficient (Wildman–Crippen LogP) is 3.21. The monoisotopic (exact) mass is 264 g/mol. The van der Waals surface area contributed by atoms with Crippen LogP contribution in [-0.4, -0.2) is 31.1 Å². The van der Waals surface area contributed by atoms with Gasteiger partial charge in [-0.1, -0.05) is 12.1 Å². The molecule has 0 amide bonds. The molecule has 3 atom stereocenters. The predicted molar refractivity (Wildman–Crippen MR) is 77.6 cm³/mol. The van der Waals surface area contributed by atoms with Crippen LogP contribution in [0.5, 0.6) is 0 Å². The summed E-state index contributed by atoms with van der Waals surface area (Å²) < 4.78 is 13.2. The van der Waals surface area contributed by atoms with E-state index in [1.165, 1.54) is 25.5 Å². The summed E-state index contributed by atoms with van der Waals surface area (Å²) in [6, 6.07) is 7.54. The molecule has 0 aromatic heterocycles. The number of likely N-dealkylation sites (tertiary alicyclic amines) is 1. The van der Waals surface area contributed by atoms with Gasteiger partial charge in [0, 0.05) is 18.6 Å². The van der Waals surface area contributed by atoms with Crippen molar-refractivity contribution in [2.75, 3.05) is 20.1 Å². The van der Waals surface area contributed by atoms with Gasteiger partial charge in [0.25, 0.3) is 0 Å². The van der Waals surface area contributed by atoms with E-state index in [9.17, 15) is 4.39 Å². The Morgan fingerprint density at radius 3 is 2.84 bits per heavy atom. The number of nitrogens with zero attached hydrogens (tertiary/aromatic N) is 1. The summed E-state index contributed by atoms with van der Waals surface area (Å²) in [7, 11) is 2.19. The van der Waals surface area contributed by atoms with Gasteiger partial charge in [-0.25, -0.2) is 4.39 Å². The van der Waals surface area contributed by atoms with Gasteiger partial charge in [-0.15, -0.1) is 0 Å². The summed E-state index contributed by atoms with van der Waals surface area (Å²) in [5.74, 6) is 0.533. The summed E-state index contributed by atoms with van der Waals surface area (Å²) in [6.45, 7) is 6.73. The molecule has 1 heterocycles. The van der Waals surface area contributed by atoms with Crippen LogP contribution in [0.25, 0.3) is 0 Å². The Hall–Kier alpha value is -0.930. The molecule has 2 nitrogen and oxygen atoms in total. The molecule has 0 radical (unpaired) electrons. The van der Waals surface area contributed by atoms with E-state index in [1.807, 2.05) is 6.07 Å². The third kappa shape index (κ3) is 4.02. The molecular weight excluding hydrogens is 239 g/mol. The third-order valence-corrected chi connectivity index (χ3v) is 4.23. The van der Waals surface area contributed by atoms with Crippen molar-refractivity contribution < 1.29 is 4.39 Å². The van der Waals surface area contributed by atoms with Crippen molar-refractivity contribution in [2.45, 2.75) is 38.8 Å². The van der Waals surface area contributed by atoms with Crippen molar-refractivity contribution in [3.05, 3.63) is 35.6 Å². The van der Waals surface area contributed by atoms with Crippen LogP contribution in [-0.2, 0) is 0 Å². The van der Waals surface area contributed by atoms with Crippen molar-refractivity contribution in [1.82, 2.24) is 10.2 Å². The highest BCUT2D eigenvalue weighted by molar-refractivity contribution is 5.19. The Morgan fingerprint density at radius 2 is 2.16 bits per heavy atom. The molecule has 0 bridgehead atoms. The Labute approximate surface area is 116 Å². The summed E-state index contributed by atoms with van der Waals surface area (Å²) in [5.41, 5.74) is 1.02. The SMILES string of the molecule is CC(NC(C)C1CCCN(C)C1)c1cccc(F)c1. The van der Waals surface area contributed by atoms with Crippen molar-refractivity contribution >= 4 is 0 Å². The molecule has 0 saturated carbocycles. The Morgan fingerprint density at radius 1 is 1.37 bits per heavy atom. The van der Waals surface area contributed by atoms with Crippen LogP contribution in [0.1, 0.15) is 38.3 Å². The molecule has 0 aliphatic carbocycles. The first-order valence-electron chi connectivity index (χ1n) is 7.26. The first-order valence-corrected chi connectivity index (χ1v) is 7.26. The summed E-state index contributed by atoms with van der Waals surface area (Å²) in [6.07, 6.45) is 2.57. The van der Waals surface area contributed by atoms with E-state index in [2.05, 4.69) is 31.1 Å². The fraction of sp³-hybridized carbons (Fsp3) is 0.625. The molecule has 1 aromatic carbocycles. The molecule has 3 heteroatoms. The van der Waals surface area contributed by atoms with Crippen LogP contribution in [0.4, 0.5) is 4.39 Å². The maximum absolute atomic E-state index is 13.2. The van der Waals surface area contributed by atoms with E-state index < -0.39 is 0 Å². The van der Waals surface area contributed by atoms with Crippen LogP contribution >= 0.6 is 0 Å². The number of benzene rings is 1. The van der Waals surface area contributed by atoms with Crippen molar-refractivity contribution in [1.29, 1.82) is 0 Å². The van der Waals surface area contributed by atoms with Crippen molar-refractivity contribution in [3.63, 3.8) is 0 Å². The topological polar surface area (TPSA) is 15.3 Å².